The highest BCUT2D eigenvalue weighted by Crippen LogP contribution is 2.57. The molecule has 0 atom stereocenters. The SMILES string of the molecule is CC(C)CN(C)c1ccc(-c2cccnc2)cc1.CC(C)CNC12CC(C1)C2.CC(C)CNCC1CC1.CC(C)CNc1ccc(-c2cccnc2)cc1.CC(C)CNc1ccc(-c2cccnc2)cc1.CC(C)CNc1ccccc1.CC(C)COC(=O)Nc1ccccc1.CC(C)Cn1cc(-c2ccnc(N)n2)nn1.CCC(C)C.CCC(C)C.CCC(C)C.CCNCC(C)C.Cc1ccc(CNCC(C)C)cc1. The second-order valence-corrected chi connectivity index (χ2v) is 44.5. The van der Waals surface area contributed by atoms with E-state index >= 15 is 0 Å². The number of nitrogens with two attached hydrogens (primary N) is 1. The second kappa shape index (κ2) is 79.2. The van der Waals surface area contributed by atoms with Gasteiger partial charge in [-0.15, -0.1) is 5.10 Å². The molecule has 4 saturated carbocycles. The number of nitrogens with one attached hydrogen (secondary N) is 8. The van der Waals surface area contributed by atoms with Gasteiger partial charge in [0.25, 0.3) is 0 Å². The fraction of sp³-hybridized carbons (Fsp3) is 0.543. The average Bonchev–Trinajstić information content (AvgIpc) is 1.23. The molecule has 6 aromatic carbocycles. The summed E-state index contributed by atoms with van der Waals surface area (Å²) in [4.78, 5) is 33.8. The molecule has 4 aliphatic carbocycles. The number of para-hydroxylation sites is 2. The average molecular weight is 2020 g/mol. The van der Waals surface area contributed by atoms with Crippen molar-refractivity contribution in [2.75, 3.05) is 111 Å². The summed E-state index contributed by atoms with van der Waals surface area (Å²) >= 11 is 0. The first-order valence-electron chi connectivity index (χ1n) is 55.4. The third-order valence-electron chi connectivity index (χ3n) is 23.1. The van der Waals surface area contributed by atoms with Gasteiger partial charge in [-0.2, -0.15) is 0 Å². The van der Waals surface area contributed by atoms with E-state index in [-0.39, 0.29) is 5.95 Å². The van der Waals surface area contributed by atoms with Gasteiger partial charge in [0.1, 0.15) is 5.69 Å². The quantitative estimate of drug-likeness (QED) is 0.0175. The zero-order valence-electron chi connectivity index (χ0n) is 97.6. The Morgan fingerprint density at radius 3 is 1.16 bits per heavy atom. The Morgan fingerprint density at radius 2 is 0.816 bits per heavy atom. The Kier molecular flexibility index (Phi) is 71.2. The minimum absolute atomic E-state index is 0.246. The van der Waals surface area contributed by atoms with Gasteiger partial charge in [-0.25, -0.2) is 14.8 Å². The number of benzene rings is 6. The Labute approximate surface area is 895 Å². The summed E-state index contributed by atoms with van der Waals surface area (Å²) in [5.41, 5.74) is 22.9. The Hall–Kier alpha value is -10.9. The summed E-state index contributed by atoms with van der Waals surface area (Å²) in [6, 6.07) is 67.7. The number of hydrogen-bond acceptors (Lipinski definition) is 18. The van der Waals surface area contributed by atoms with E-state index in [1.165, 1.54) is 122 Å². The van der Waals surface area contributed by atoms with Gasteiger partial charge in [0.15, 0.2) is 0 Å². The van der Waals surface area contributed by atoms with Crippen molar-refractivity contribution in [2.45, 2.75) is 285 Å². The van der Waals surface area contributed by atoms with Crippen molar-refractivity contribution < 1.29 is 9.53 Å². The summed E-state index contributed by atoms with van der Waals surface area (Å²) in [5, 5.41) is 34.6. The lowest BCUT2D eigenvalue weighted by molar-refractivity contribution is -0.0520. The lowest BCUT2D eigenvalue weighted by Crippen LogP contribution is -2.67. The van der Waals surface area contributed by atoms with Crippen molar-refractivity contribution in [1.29, 1.82) is 0 Å². The highest BCUT2D eigenvalue weighted by molar-refractivity contribution is 5.84. The largest absolute Gasteiger partial charge is 0.449 e. The third kappa shape index (κ3) is 69.1. The van der Waals surface area contributed by atoms with Gasteiger partial charge < -0.3 is 52.6 Å². The van der Waals surface area contributed by atoms with Crippen LogP contribution >= 0.6 is 0 Å². The number of carbonyl (C=O) groups is 1. The van der Waals surface area contributed by atoms with Crippen LogP contribution < -0.4 is 53.2 Å². The van der Waals surface area contributed by atoms with E-state index in [1.54, 1.807) is 35.5 Å². The van der Waals surface area contributed by atoms with Crippen molar-refractivity contribution in [3.63, 3.8) is 0 Å². The molecule has 0 spiro atoms. The number of nitrogens with zero attached hydrogens (tertiary/aromatic N) is 9. The van der Waals surface area contributed by atoms with Crippen molar-refractivity contribution in [2.24, 2.45) is 88.8 Å². The van der Waals surface area contributed by atoms with Crippen LogP contribution in [0.4, 0.5) is 39.2 Å². The van der Waals surface area contributed by atoms with Crippen molar-refractivity contribution in [3.8, 4) is 44.8 Å². The highest BCUT2D eigenvalue weighted by Gasteiger charge is 2.56. The van der Waals surface area contributed by atoms with Gasteiger partial charge in [-0.1, -0.05) is 353 Å². The molecular formula is C127H204N18O2. The smallest absolute Gasteiger partial charge is 0.411 e. The van der Waals surface area contributed by atoms with E-state index in [1.807, 2.05) is 105 Å². The molecule has 5 heterocycles. The first kappa shape index (κ1) is 132. The second-order valence-electron chi connectivity index (χ2n) is 44.5. The molecule has 0 unspecified atom stereocenters. The van der Waals surface area contributed by atoms with E-state index in [0.717, 1.165) is 140 Å². The third-order valence-corrected chi connectivity index (χ3v) is 23.1. The number of anilines is 6. The van der Waals surface area contributed by atoms with Crippen molar-refractivity contribution in [3.05, 3.63) is 261 Å². The molecule has 814 valence electrons. The first-order valence-corrected chi connectivity index (χ1v) is 55.4. The number of pyridine rings is 3. The maximum atomic E-state index is 11.2. The monoisotopic (exact) mass is 2010 g/mol. The van der Waals surface area contributed by atoms with Crippen LogP contribution in [-0.4, -0.2) is 131 Å². The summed E-state index contributed by atoms with van der Waals surface area (Å²) < 4.78 is 6.76. The molecule has 11 aromatic rings. The number of aromatic nitrogens is 8. The molecule has 15 rings (SSSR count). The van der Waals surface area contributed by atoms with Crippen LogP contribution in [0, 0.1) is 95.7 Å². The van der Waals surface area contributed by atoms with Crippen LogP contribution in [0.25, 0.3) is 44.8 Å². The lowest BCUT2D eigenvalue weighted by atomic mass is 9.50. The van der Waals surface area contributed by atoms with Gasteiger partial charge in [0.2, 0.25) is 5.95 Å². The number of carbonyl (C=O) groups excluding carboxylic acids is 1. The topological polar surface area (TPSA) is 247 Å². The normalized spacial score (nSPS) is 13.1. The fourth-order valence-electron chi connectivity index (χ4n) is 13.2. The van der Waals surface area contributed by atoms with Gasteiger partial charge in [-0.3, -0.25) is 25.0 Å². The molecule has 147 heavy (non-hydrogen) atoms. The highest BCUT2D eigenvalue weighted by atomic mass is 16.5. The number of ether oxygens (including phenoxy) is 1. The maximum absolute atomic E-state index is 11.2. The van der Waals surface area contributed by atoms with Crippen LogP contribution in [-0.2, 0) is 17.8 Å². The Balaban J connectivity index is 0.000000548. The fourth-order valence-corrected chi connectivity index (χ4v) is 13.2. The molecule has 2 bridgehead atoms. The van der Waals surface area contributed by atoms with E-state index in [2.05, 4.69) is 418 Å². The molecule has 0 aliphatic heterocycles. The summed E-state index contributed by atoms with van der Waals surface area (Å²) in [7, 11) is 2.14. The predicted octanol–water partition coefficient (Wildman–Crippen LogP) is 31.7. The summed E-state index contributed by atoms with van der Waals surface area (Å²) in [6.45, 7) is 81.5. The van der Waals surface area contributed by atoms with Gasteiger partial charge in [0, 0.05) is 124 Å². The summed E-state index contributed by atoms with van der Waals surface area (Å²) in [5.74, 6) is 11.8. The molecule has 20 nitrogen and oxygen atoms in total. The van der Waals surface area contributed by atoms with Crippen LogP contribution in [0.3, 0.4) is 0 Å². The van der Waals surface area contributed by atoms with Gasteiger partial charge >= 0.3 is 6.09 Å². The molecule has 0 radical (unpaired) electrons. The van der Waals surface area contributed by atoms with E-state index in [4.69, 9.17) is 10.5 Å². The molecule has 4 aliphatic rings. The molecule has 1 amide bonds. The van der Waals surface area contributed by atoms with Gasteiger partial charge in [-0.05, 0) is 291 Å². The minimum atomic E-state index is -0.398. The van der Waals surface area contributed by atoms with E-state index in [0.29, 0.717) is 53.3 Å². The van der Waals surface area contributed by atoms with Crippen LogP contribution in [0.15, 0.2) is 250 Å². The number of amides is 1. The number of nitrogen functional groups attached to an aromatic ring is 1. The van der Waals surface area contributed by atoms with E-state index in [9.17, 15) is 4.79 Å². The first-order chi connectivity index (χ1) is 70.0. The number of hydrogen-bond donors (Lipinski definition) is 9. The van der Waals surface area contributed by atoms with Gasteiger partial charge in [0.05, 0.1) is 18.5 Å². The van der Waals surface area contributed by atoms with Crippen LogP contribution in [0.2, 0.25) is 0 Å². The standard InChI is InChI=1S/C16H20N2.2C15H18N2.C12H19N.C11H15NO2.C10H14N6.C10H15N.C9H17N.C8H17N.C6H15N.3C5H12/c1-13(2)12-18(3)16-8-6-14(7-9-16)15-5-4-10-17-11-15;2*1-12(2)10-17-15-7-5-13(6-8-15)14-4-3-9-16-11-14;1-10(2)8-13-9-12-6-4-11(3)5-7-12;1-9(2)8-14-11(13)12-10-6-4-3-5-7-10;1-7(2)5-16-6-9(14-15-16)8-3-4-12-10(11)13-8;1-9(2)8-11-10-6-4-3-5-7-10;1-7(2)6-10-9-3-8(4-9)5-9;1-7(2)5-9-6-8-3-4-8;1-4-7-5-6(2)3;3*1-4-5(2)3/h4-11,13H,12H2,1-3H3;2*3-9,11-12,17H,10H2,1-2H3;4-7,10,13H,8-9H2,1-3H3;3-7,9H,8H2,1-2H3,(H,12,13);3-4,6-7H,5H2,1-2H3,(H2,11,12,13);3-7,9,11H,8H2,1-2H3;7-8,10H,3-6H2,1-2H3;7-9H,3-6H2,1-2H3;6-7H,4-5H2,1-3H3;3*5H,4H2,1-3H3. The summed E-state index contributed by atoms with van der Waals surface area (Å²) in [6.07, 6.45) is 25.4. The number of rotatable bonds is 38. The molecule has 4 fully saturated rings. The predicted molar refractivity (Wildman–Crippen MR) is 640 cm³/mol. The Morgan fingerprint density at radius 1 is 0.415 bits per heavy atom. The van der Waals surface area contributed by atoms with Crippen LogP contribution in [0.5, 0.6) is 0 Å². The van der Waals surface area contributed by atoms with E-state index < -0.39 is 6.09 Å². The van der Waals surface area contributed by atoms with Crippen molar-refractivity contribution in [1.82, 2.24) is 61.2 Å². The molecular weight excluding hydrogens is 1810 g/mol. The zero-order valence-corrected chi connectivity index (χ0v) is 97.6. The lowest BCUT2D eigenvalue weighted by Gasteiger charge is -2.62. The minimum Gasteiger partial charge on any atom is -0.449 e. The Bertz CT molecular complexity index is 4780. The molecule has 0 saturated heterocycles. The number of aryl methyl sites for hydroxylation is 1. The molecule has 20 heteroatoms. The maximum Gasteiger partial charge on any atom is 0.411 e. The molecule has 10 N–H and O–H groups in total. The molecule has 5 aromatic heterocycles. The van der Waals surface area contributed by atoms with Crippen LogP contribution in [0.1, 0.15) is 270 Å². The zero-order chi connectivity index (χ0) is 109. The van der Waals surface area contributed by atoms with Crippen molar-refractivity contribution >= 4 is 40.5 Å².